The summed E-state index contributed by atoms with van der Waals surface area (Å²) in [6.07, 6.45) is 42.4. The van der Waals surface area contributed by atoms with Crippen LogP contribution in [0.2, 0.25) is 0 Å². The Labute approximate surface area is 336 Å². The largest absolute Gasteiger partial charge is 0.311 e. The third-order valence-electron chi connectivity index (χ3n) is 8.10. The summed E-state index contributed by atoms with van der Waals surface area (Å²) in [6.45, 7) is 31.8. The fraction of sp³-hybridized carbons (Fsp3) is 0. The topological polar surface area (TPSA) is 6.48 Å². The monoisotopic (exact) mass is 728 g/mol. The highest BCUT2D eigenvalue weighted by Gasteiger charge is 2.14. The third-order valence-corrected chi connectivity index (χ3v) is 8.10. The summed E-state index contributed by atoms with van der Waals surface area (Å²) in [6, 6.07) is 28.6. The molecule has 0 atom stereocenters. The zero-order valence-electron chi connectivity index (χ0n) is 32.3. The highest BCUT2D eigenvalue weighted by Crippen LogP contribution is 2.28. The summed E-state index contributed by atoms with van der Waals surface area (Å²) >= 11 is 0. The van der Waals surface area contributed by atoms with Gasteiger partial charge >= 0.3 is 0 Å². The molecule has 0 saturated carbocycles. The summed E-state index contributed by atoms with van der Waals surface area (Å²) in [5, 5.41) is 0. The van der Waals surface area contributed by atoms with Gasteiger partial charge in [-0.3, -0.25) is 0 Å². The first-order valence-electron chi connectivity index (χ1n) is 18.2. The molecule has 0 saturated heterocycles. The van der Waals surface area contributed by atoms with Crippen LogP contribution >= 0.6 is 0 Å². The maximum Gasteiger partial charge on any atom is 0.0461 e. The van der Waals surface area contributed by atoms with E-state index in [1.807, 2.05) is 134 Å². The van der Waals surface area contributed by atoms with Crippen molar-refractivity contribution in [3.63, 3.8) is 0 Å². The highest BCUT2D eigenvalue weighted by molar-refractivity contribution is 5.66. The summed E-state index contributed by atoms with van der Waals surface area (Å²) in [7, 11) is 0. The van der Waals surface area contributed by atoms with Crippen LogP contribution in [0.4, 0.5) is 11.4 Å². The molecule has 0 spiro atoms. The second-order valence-corrected chi connectivity index (χ2v) is 11.9. The molecule has 3 aromatic carbocycles. The molecular formula is C54H52N2. The Hall–Kier alpha value is -7.42. The van der Waals surface area contributed by atoms with Gasteiger partial charge in [0.2, 0.25) is 0 Å². The maximum atomic E-state index is 4.12. The van der Waals surface area contributed by atoms with E-state index in [1.165, 1.54) is 0 Å². The van der Waals surface area contributed by atoms with E-state index < -0.39 is 0 Å². The molecule has 3 rings (SSSR count). The second kappa shape index (κ2) is 24.8. The van der Waals surface area contributed by atoms with Gasteiger partial charge in [0, 0.05) is 34.2 Å². The van der Waals surface area contributed by atoms with Gasteiger partial charge in [-0.25, -0.2) is 0 Å². The first-order valence-corrected chi connectivity index (χ1v) is 18.2. The van der Waals surface area contributed by atoms with Crippen LogP contribution in [-0.2, 0) is 0 Å². The van der Waals surface area contributed by atoms with Gasteiger partial charge in [-0.15, -0.1) is 0 Å². The molecule has 2 nitrogen and oxygen atoms in total. The summed E-state index contributed by atoms with van der Waals surface area (Å²) in [4.78, 5) is 4.23. The Bertz CT molecular complexity index is 1990. The lowest BCUT2D eigenvalue weighted by Gasteiger charge is -2.27. The number of benzene rings is 3. The summed E-state index contributed by atoms with van der Waals surface area (Å²) in [5.74, 6) is 0. The van der Waals surface area contributed by atoms with E-state index in [-0.39, 0.29) is 0 Å². The average Bonchev–Trinajstić information content (AvgIpc) is 3.24. The van der Waals surface area contributed by atoms with Crippen LogP contribution < -0.4 is 9.80 Å². The third kappa shape index (κ3) is 13.5. The lowest BCUT2D eigenvalue weighted by molar-refractivity contribution is 1.14. The van der Waals surface area contributed by atoms with E-state index in [1.54, 1.807) is 24.3 Å². The number of hydrogen-bond acceptors (Lipinski definition) is 2. The second-order valence-electron chi connectivity index (χ2n) is 11.9. The molecule has 0 aromatic heterocycles. The average molecular weight is 729 g/mol. The quantitative estimate of drug-likeness (QED) is 0.0951. The van der Waals surface area contributed by atoms with Gasteiger partial charge in [0.15, 0.2) is 0 Å². The molecule has 0 heterocycles. The Balaban J connectivity index is 1.87. The fourth-order valence-electron chi connectivity index (χ4n) is 5.35. The van der Waals surface area contributed by atoms with Crippen LogP contribution in [0, 0.1) is 0 Å². The van der Waals surface area contributed by atoms with E-state index in [0.29, 0.717) is 0 Å². The lowest BCUT2D eigenvalue weighted by Crippen LogP contribution is -2.19. The predicted octanol–water partition coefficient (Wildman–Crippen LogP) is 14.7. The van der Waals surface area contributed by atoms with Crippen molar-refractivity contribution in [1.29, 1.82) is 0 Å². The van der Waals surface area contributed by atoms with Gasteiger partial charge < -0.3 is 9.80 Å². The fourth-order valence-corrected chi connectivity index (χ4v) is 5.35. The zero-order valence-corrected chi connectivity index (χ0v) is 32.3. The Kier molecular flexibility index (Phi) is 19.0. The molecule has 0 amide bonds. The molecule has 0 bridgehead atoms. The van der Waals surface area contributed by atoms with Crippen molar-refractivity contribution in [2.75, 3.05) is 9.80 Å². The molecular weight excluding hydrogens is 677 g/mol. The molecule has 278 valence electrons. The number of para-hydroxylation sites is 2. The van der Waals surface area contributed by atoms with Gasteiger partial charge in [0.1, 0.15) is 0 Å². The van der Waals surface area contributed by atoms with Crippen LogP contribution in [0.15, 0.2) is 293 Å². The van der Waals surface area contributed by atoms with E-state index in [4.69, 9.17) is 0 Å². The number of nitrogens with zero attached hydrogens (tertiary/aromatic N) is 2. The molecule has 3 aromatic rings. The number of allylic oxidation sites excluding steroid dienone is 22. The molecule has 0 unspecified atom stereocenters. The molecule has 0 aliphatic carbocycles. The first kappa shape index (κ1) is 43.0. The maximum absolute atomic E-state index is 4.12. The van der Waals surface area contributed by atoms with Crippen LogP contribution in [0.3, 0.4) is 0 Å². The van der Waals surface area contributed by atoms with Crippen molar-refractivity contribution in [1.82, 2.24) is 0 Å². The SMILES string of the molecule is C=C/C=C\C(=C/C=C)N(/C(C=C)=C/C=C(\C=C)C=Cc1ccc(C=C/C(C=C)=C/C=C(\C=C)N(C(/C=C\C=C)=C/C=C)c2ccccc2)cc1)c1ccccc1. The van der Waals surface area contributed by atoms with E-state index >= 15 is 0 Å². The number of rotatable bonds is 22. The minimum absolute atomic E-state index is 0.884. The molecule has 0 radical (unpaired) electrons. The Morgan fingerprint density at radius 3 is 1.04 bits per heavy atom. The minimum Gasteiger partial charge on any atom is -0.311 e. The van der Waals surface area contributed by atoms with Crippen molar-refractivity contribution < 1.29 is 0 Å². The standard InChI is InChI=1S/C54H52N2/c1-9-17-27-51(25-11-3)55(53-29-21-19-22-30-53)49(15-7)43-41-45(13-5)33-35-47-37-39-48(40-38-47)36-34-46(14-6)42-44-50(16-8)56(54-31-23-20-24-32-54)52(26-12-4)28-18-10-2/h9-44H,1-8H2/b27-17-,28-18-,35-33?,36-34?,45-41+,46-42+,49-43+,50-44+,51-25+,52-26+. The number of hydrogen-bond donors (Lipinski definition) is 0. The van der Waals surface area contributed by atoms with Crippen molar-refractivity contribution in [2.24, 2.45) is 0 Å². The van der Waals surface area contributed by atoms with Gasteiger partial charge in [0.05, 0.1) is 0 Å². The Morgan fingerprint density at radius 1 is 0.357 bits per heavy atom. The van der Waals surface area contributed by atoms with Crippen molar-refractivity contribution in [2.45, 2.75) is 0 Å². The number of anilines is 2. The van der Waals surface area contributed by atoms with Crippen molar-refractivity contribution in [3.8, 4) is 0 Å². The minimum atomic E-state index is 0.884. The van der Waals surface area contributed by atoms with Crippen LogP contribution in [0.1, 0.15) is 11.1 Å². The van der Waals surface area contributed by atoms with E-state index in [0.717, 1.165) is 56.4 Å². The van der Waals surface area contributed by atoms with Crippen LogP contribution in [-0.4, -0.2) is 0 Å². The Morgan fingerprint density at radius 2 is 0.732 bits per heavy atom. The van der Waals surface area contributed by atoms with Gasteiger partial charge in [-0.05, 0) is 95.1 Å². The van der Waals surface area contributed by atoms with Crippen LogP contribution in [0.25, 0.3) is 12.2 Å². The molecule has 0 N–H and O–H groups in total. The molecule has 0 aliphatic heterocycles. The molecule has 56 heavy (non-hydrogen) atoms. The zero-order chi connectivity index (χ0) is 40.4. The van der Waals surface area contributed by atoms with Gasteiger partial charge in [-0.2, -0.15) is 0 Å². The van der Waals surface area contributed by atoms with Gasteiger partial charge in [-0.1, -0.05) is 198 Å². The van der Waals surface area contributed by atoms with Crippen molar-refractivity contribution >= 4 is 23.5 Å². The van der Waals surface area contributed by atoms with Gasteiger partial charge in [0.25, 0.3) is 0 Å². The first-order chi connectivity index (χ1) is 27.5. The van der Waals surface area contributed by atoms with E-state index in [9.17, 15) is 0 Å². The van der Waals surface area contributed by atoms with E-state index in [2.05, 4.69) is 123 Å². The summed E-state index contributed by atoms with van der Waals surface area (Å²) in [5.41, 5.74) is 9.60. The highest BCUT2D eigenvalue weighted by atomic mass is 15.2. The summed E-state index contributed by atoms with van der Waals surface area (Å²) < 4.78 is 0. The molecule has 2 heteroatoms. The molecule has 0 aliphatic rings. The molecule has 0 fully saturated rings. The van der Waals surface area contributed by atoms with Crippen molar-refractivity contribution in [3.05, 3.63) is 304 Å². The normalized spacial score (nSPS) is 13.2. The smallest absolute Gasteiger partial charge is 0.0461 e. The lowest BCUT2D eigenvalue weighted by atomic mass is 10.1. The predicted molar refractivity (Wildman–Crippen MR) is 251 cm³/mol. The van der Waals surface area contributed by atoms with Crippen LogP contribution in [0.5, 0.6) is 0 Å².